The van der Waals surface area contributed by atoms with Crippen LogP contribution in [0.2, 0.25) is 0 Å². The van der Waals surface area contributed by atoms with Crippen molar-refractivity contribution in [1.29, 1.82) is 0 Å². The minimum absolute atomic E-state index is 0.0670. The molecule has 1 aliphatic heterocycles. The molecule has 0 aromatic heterocycles. The van der Waals surface area contributed by atoms with Gasteiger partial charge < -0.3 is 20.3 Å². The number of nitrogens with zero attached hydrogens (tertiary/aromatic N) is 1. The zero-order valence-electron chi connectivity index (χ0n) is 16.0. The molecule has 0 atom stereocenters. The monoisotopic (exact) mass is 381 g/mol. The summed E-state index contributed by atoms with van der Waals surface area (Å²) in [5, 5.41) is 5.12. The molecule has 7 nitrogen and oxygen atoms in total. The van der Waals surface area contributed by atoms with E-state index in [-0.39, 0.29) is 19.1 Å². The smallest absolute Gasteiger partial charge is 0.325 e. The van der Waals surface area contributed by atoms with Gasteiger partial charge in [-0.2, -0.15) is 0 Å². The van der Waals surface area contributed by atoms with Crippen LogP contribution in [0.3, 0.4) is 0 Å². The Hall–Kier alpha value is -3.35. The predicted octanol–water partition coefficient (Wildman–Crippen LogP) is 2.88. The average Bonchev–Trinajstić information content (AvgIpc) is 3.10. The van der Waals surface area contributed by atoms with E-state index in [0.29, 0.717) is 17.8 Å². The van der Waals surface area contributed by atoms with Crippen LogP contribution < -0.4 is 15.5 Å². The number of benzene rings is 2. The summed E-state index contributed by atoms with van der Waals surface area (Å²) in [6, 6.07) is 12.4. The summed E-state index contributed by atoms with van der Waals surface area (Å²) in [6.07, 6.45) is 0.766. The number of carbonyl (C=O) groups is 3. The number of hydrogen-bond donors (Lipinski definition) is 2. The Bertz CT molecular complexity index is 893. The van der Waals surface area contributed by atoms with Gasteiger partial charge in [0.1, 0.15) is 6.54 Å². The number of rotatable bonds is 5. The fourth-order valence-electron chi connectivity index (χ4n) is 3.06. The van der Waals surface area contributed by atoms with E-state index in [0.717, 1.165) is 23.2 Å². The maximum absolute atomic E-state index is 12.9. The first-order valence-corrected chi connectivity index (χ1v) is 9.20. The first-order valence-electron chi connectivity index (χ1n) is 9.20. The topological polar surface area (TPSA) is 87.7 Å². The van der Waals surface area contributed by atoms with Crippen LogP contribution in [0.5, 0.6) is 0 Å². The van der Waals surface area contributed by atoms with E-state index in [9.17, 15) is 14.4 Å². The molecular weight excluding hydrogens is 358 g/mol. The van der Waals surface area contributed by atoms with Crippen LogP contribution in [0.1, 0.15) is 28.4 Å². The standard InChI is InChI=1S/C21H23N3O4/c1-3-28-19(25)13-22-21(27)23-17-9-8-15-10-11-24(18(15)12-17)20(26)16-6-4-14(2)5-7-16/h4-9,12H,3,10-11,13H2,1-2H3,(H2,22,23,27). The molecule has 1 heterocycles. The Balaban J connectivity index is 1.69. The van der Waals surface area contributed by atoms with Crippen molar-refractivity contribution in [2.24, 2.45) is 0 Å². The number of nitrogens with one attached hydrogen (secondary N) is 2. The molecule has 0 saturated carbocycles. The number of fused-ring (bicyclic) bond motifs is 1. The molecule has 0 saturated heterocycles. The van der Waals surface area contributed by atoms with E-state index >= 15 is 0 Å². The number of esters is 1. The molecule has 3 amide bonds. The number of aryl methyl sites for hydroxylation is 1. The molecule has 146 valence electrons. The van der Waals surface area contributed by atoms with E-state index in [1.54, 1.807) is 24.0 Å². The summed E-state index contributed by atoms with van der Waals surface area (Å²) >= 11 is 0. The molecule has 0 aliphatic carbocycles. The molecule has 0 bridgehead atoms. The molecule has 2 N–H and O–H groups in total. The Morgan fingerprint density at radius 3 is 2.57 bits per heavy atom. The quantitative estimate of drug-likeness (QED) is 0.780. The van der Waals surface area contributed by atoms with Crippen molar-refractivity contribution >= 4 is 29.3 Å². The number of carbonyl (C=O) groups excluding carboxylic acids is 3. The summed E-state index contributed by atoms with van der Waals surface area (Å²) in [7, 11) is 0. The highest BCUT2D eigenvalue weighted by Gasteiger charge is 2.26. The molecule has 0 spiro atoms. The zero-order chi connectivity index (χ0) is 20.1. The lowest BCUT2D eigenvalue weighted by Gasteiger charge is -2.18. The second-order valence-corrected chi connectivity index (χ2v) is 6.53. The normalized spacial score (nSPS) is 12.3. The highest BCUT2D eigenvalue weighted by atomic mass is 16.5. The lowest BCUT2D eigenvalue weighted by Crippen LogP contribution is -2.34. The van der Waals surface area contributed by atoms with Gasteiger partial charge in [0.2, 0.25) is 0 Å². The lowest BCUT2D eigenvalue weighted by atomic mass is 10.1. The fraction of sp³-hybridized carbons (Fsp3) is 0.286. The van der Waals surface area contributed by atoms with Crippen molar-refractivity contribution < 1.29 is 19.1 Å². The van der Waals surface area contributed by atoms with Crippen molar-refractivity contribution in [3.8, 4) is 0 Å². The van der Waals surface area contributed by atoms with Crippen molar-refractivity contribution in [3.63, 3.8) is 0 Å². The first kappa shape index (κ1) is 19.4. The van der Waals surface area contributed by atoms with Crippen LogP contribution in [0.25, 0.3) is 0 Å². The van der Waals surface area contributed by atoms with Crippen LogP contribution >= 0.6 is 0 Å². The van der Waals surface area contributed by atoms with Crippen LogP contribution in [0, 0.1) is 6.92 Å². The number of hydrogen-bond acceptors (Lipinski definition) is 4. The third-order valence-corrected chi connectivity index (χ3v) is 4.48. The second-order valence-electron chi connectivity index (χ2n) is 6.53. The Kier molecular flexibility index (Phi) is 5.93. The number of urea groups is 1. The maximum atomic E-state index is 12.9. The predicted molar refractivity (Wildman–Crippen MR) is 107 cm³/mol. The van der Waals surface area contributed by atoms with Gasteiger partial charge in [-0.15, -0.1) is 0 Å². The van der Waals surface area contributed by atoms with Crippen molar-refractivity contribution in [2.45, 2.75) is 20.3 Å². The van der Waals surface area contributed by atoms with Crippen molar-refractivity contribution in [3.05, 3.63) is 59.2 Å². The number of amides is 3. The molecule has 2 aromatic carbocycles. The number of anilines is 2. The molecule has 1 aliphatic rings. The zero-order valence-corrected chi connectivity index (χ0v) is 16.0. The van der Waals surface area contributed by atoms with Gasteiger partial charge in [0, 0.05) is 23.5 Å². The van der Waals surface area contributed by atoms with Gasteiger partial charge in [-0.1, -0.05) is 23.8 Å². The maximum Gasteiger partial charge on any atom is 0.325 e. The molecule has 2 aromatic rings. The molecule has 28 heavy (non-hydrogen) atoms. The Morgan fingerprint density at radius 2 is 1.86 bits per heavy atom. The summed E-state index contributed by atoms with van der Waals surface area (Å²) in [5.74, 6) is -0.566. The lowest BCUT2D eigenvalue weighted by molar-refractivity contribution is -0.141. The van der Waals surface area contributed by atoms with Crippen molar-refractivity contribution in [1.82, 2.24) is 5.32 Å². The van der Waals surface area contributed by atoms with Gasteiger partial charge in [-0.05, 0) is 50.1 Å². The van der Waals surface area contributed by atoms with Crippen molar-refractivity contribution in [2.75, 3.05) is 29.9 Å². The van der Waals surface area contributed by atoms with Crippen LogP contribution in [0.15, 0.2) is 42.5 Å². The van der Waals surface area contributed by atoms with Crippen LogP contribution in [0.4, 0.5) is 16.2 Å². The largest absolute Gasteiger partial charge is 0.465 e. The molecule has 0 unspecified atom stereocenters. The highest BCUT2D eigenvalue weighted by Crippen LogP contribution is 2.32. The van der Waals surface area contributed by atoms with E-state index in [4.69, 9.17) is 4.74 Å². The average molecular weight is 381 g/mol. The van der Waals surface area contributed by atoms with Gasteiger partial charge in [0.25, 0.3) is 5.91 Å². The van der Waals surface area contributed by atoms with Gasteiger partial charge in [-0.3, -0.25) is 9.59 Å². The molecule has 3 rings (SSSR count). The Labute approximate surface area is 163 Å². The SMILES string of the molecule is CCOC(=O)CNC(=O)Nc1ccc2c(c1)N(C(=O)c1ccc(C)cc1)CC2. The minimum atomic E-state index is -0.512. The summed E-state index contributed by atoms with van der Waals surface area (Å²) in [4.78, 5) is 37.9. The van der Waals surface area contributed by atoms with E-state index in [1.807, 2.05) is 37.3 Å². The van der Waals surface area contributed by atoms with E-state index < -0.39 is 12.0 Å². The van der Waals surface area contributed by atoms with Crippen LogP contribution in [-0.2, 0) is 16.0 Å². The first-order chi connectivity index (χ1) is 13.5. The van der Waals surface area contributed by atoms with Crippen LogP contribution in [-0.4, -0.2) is 37.6 Å². The van der Waals surface area contributed by atoms with E-state index in [2.05, 4.69) is 10.6 Å². The molecule has 0 fully saturated rings. The van der Waals surface area contributed by atoms with Gasteiger partial charge >= 0.3 is 12.0 Å². The highest BCUT2D eigenvalue weighted by molar-refractivity contribution is 6.07. The summed E-state index contributed by atoms with van der Waals surface area (Å²) in [5.41, 5.74) is 4.11. The van der Waals surface area contributed by atoms with Gasteiger partial charge in [0.05, 0.1) is 6.61 Å². The second kappa shape index (κ2) is 8.56. The molecular formula is C21H23N3O4. The third-order valence-electron chi connectivity index (χ3n) is 4.48. The summed E-state index contributed by atoms with van der Waals surface area (Å²) in [6.45, 7) is 4.33. The fourth-order valence-corrected chi connectivity index (χ4v) is 3.06. The summed E-state index contributed by atoms with van der Waals surface area (Å²) < 4.78 is 4.77. The minimum Gasteiger partial charge on any atom is -0.465 e. The molecule has 7 heteroatoms. The van der Waals surface area contributed by atoms with Gasteiger partial charge in [-0.25, -0.2) is 4.79 Å². The van der Waals surface area contributed by atoms with Gasteiger partial charge in [0.15, 0.2) is 0 Å². The Morgan fingerprint density at radius 1 is 1.11 bits per heavy atom. The van der Waals surface area contributed by atoms with E-state index in [1.165, 1.54) is 0 Å². The number of ether oxygens (including phenoxy) is 1. The third kappa shape index (κ3) is 4.49. The molecule has 0 radical (unpaired) electrons.